The zero-order valence-corrected chi connectivity index (χ0v) is 7.28. The molecule has 0 aliphatic carbocycles. The van der Waals surface area contributed by atoms with Gasteiger partial charge < -0.3 is 9.84 Å². The Kier molecular flexibility index (Phi) is 1.63. The lowest BCUT2D eigenvalue weighted by Gasteiger charge is -2.20. The highest BCUT2D eigenvalue weighted by molar-refractivity contribution is 5.94. The summed E-state index contributed by atoms with van der Waals surface area (Å²) in [7, 11) is 0. The molecule has 0 saturated heterocycles. The van der Waals surface area contributed by atoms with E-state index in [1.165, 1.54) is 0 Å². The van der Waals surface area contributed by atoms with Crippen molar-refractivity contribution in [3.63, 3.8) is 0 Å². The summed E-state index contributed by atoms with van der Waals surface area (Å²) in [6.07, 6.45) is 0. The summed E-state index contributed by atoms with van der Waals surface area (Å²) in [5.41, 5.74) is 0.467. The monoisotopic (exact) mass is 178 g/mol. The first-order chi connectivity index (χ1) is 6.17. The second kappa shape index (κ2) is 2.57. The number of aliphatic hydroxyl groups excluding tert-OH is 1. The number of carbonyl (C=O) groups excluding carboxylic acids is 1. The molecule has 2 rings (SSSR count). The maximum atomic E-state index is 11.3. The van der Waals surface area contributed by atoms with Crippen LogP contribution in [0, 0.1) is 0 Å². The van der Waals surface area contributed by atoms with Crippen LogP contribution in [0.3, 0.4) is 0 Å². The van der Waals surface area contributed by atoms with Crippen molar-refractivity contribution in [1.82, 2.24) is 0 Å². The Morgan fingerprint density at radius 2 is 2.15 bits per heavy atom. The molecule has 0 spiro atoms. The van der Waals surface area contributed by atoms with Crippen LogP contribution in [-0.2, 0) is 10.3 Å². The molecule has 1 aliphatic heterocycles. The molecule has 0 radical (unpaired) electrons. The van der Waals surface area contributed by atoms with E-state index in [1.807, 2.05) is 6.07 Å². The third kappa shape index (κ3) is 1.04. The van der Waals surface area contributed by atoms with Crippen molar-refractivity contribution in [1.29, 1.82) is 0 Å². The number of hydrogen-bond donors (Lipinski definition) is 1. The number of hydrogen-bond acceptors (Lipinski definition) is 3. The molecular formula is C10H10O3. The van der Waals surface area contributed by atoms with Crippen molar-refractivity contribution in [2.75, 3.05) is 6.61 Å². The molecule has 0 aromatic heterocycles. The fourth-order valence-corrected chi connectivity index (χ4v) is 1.55. The molecule has 1 aromatic rings. The number of cyclic esters (lactones) is 1. The first kappa shape index (κ1) is 8.26. The van der Waals surface area contributed by atoms with Gasteiger partial charge in [0.25, 0.3) is 0 Å². The Bertz CT molecular complexity index is 359. The van der Waals surface area contributed by atoms with Crippen LogP contribution >= 0.6 is 0 Å². The fourth-order valence-electron chi connectivity index (χ4n) is 1.55. The van der Waals surface area contributed by atoms with Crippen molar-refractivity contribution in [3.05, 3.63) is 35.4 Å². The Labute approximate surface area is 76.0 Å². The number of carbonyl (C=O) groups is 1. The number of rotatable bonds is 1. The molecule has 3 nitrogen and oxygen atoms in total. The summed E-state index contributed by atoms with van der Waals surface area (Å²) in [5.74, 6) is -0.354. The minimum absolute atomic E-state index is 0.185. The molecule has 1 aromatic carbocycles. The molecule has 0 bridgehead atoms. The van der Waals surface area contributed by atoms with Gasteiger partial charge in [-0.25, -0.2) is 4.79 Å². The Balaban J connectivity index is 2.59. The van der Waals surface area contributed by atoms with Gasteiger partial charge in [-0.1, -0.05) is 18.2 Å². The highest BCUT2D eigenvalue weighted by Gasteiger charge is 2.40. The predicted molar refractivity (Wildman–Crippen MR) is 46.3 cm³/mol. The Morgan fingerprint density at radius 3 is 2.85 bits per heavy atom. The van der Waals surface area contributed by atoms with Gasteiger partial charge in [0.2, 0.25) is 0 Å². The van der Waals surface area contributed by atoms with Gasteiger partial charge >= 0.3 is 5.97 Å². The van der Waals surface area contributed by atoms with Gasteiger partial charge in [0.15, 0.2) is 5.60 Å². The summed E-state index contributed by atoms with van der Waals surface area (Å²) >= 11 is 0. The Hall–Kier alpha value is -1.35. The lowest BCUT2D eigenvalue weighted by Crippen LogP contribution is -2.26. The molecule has 0 saturated carbocycles. The van der Waals surface area contributed by atoms with Crippen molar-refractivity contribution in [2.45, 2.75) is 12.5 Å². The van der Waals surface area contributed by atoms with Crippen LogP contribution in [0.4, 0.5) is 0 Å². The minimum atomic E-state index is -0.853. The van der Waals surface area contributed by atoms with Crippen molar-refractivity contribution < 1.29 is 14.6 Å². The van der Waals surface area contributed by atoms with Gasteiger partial charge in [-0.05, 0) is 13.0 Å². The van der Waals surface area contributed by atoms with Gasteiger partial charge in [-0.15, -0.1) is 0 Å². The molecular weight excluding hydrogens is 168 g/mol. The van der Waals surface area contributed by atoms with Gasteiger partial charge in [0, 0.05) is 5.56 Å². The zero-order valence-electron chi connectivity index (χ0n) is 7.28. The van der Waals surface area contributed by atoms with Crippen LogP contribution in [0.2, 0.25) is 0 Å². The number of fused-ring (bicyclic) bond motifs is 1. The van der Waals surface area contributed by atoms with E-state index in [0.717, 1.165) is 5.56 Å². The van der Waals surface area contributed by atoms with Gasteiger partial charge in [0.1, 0.15) is 0 Å². The maximum absolute atomic E-state index is 11.3. The van der Waals surface area contributed by atoms with Crippen LogP contribution in [0.5, 0.6) is 0 Å². The first-order valence-corrected chi connectivity index (χ1v) is 4.11. The van der Waals surface area contributed by atoms with E-state index in [-0.39, 0.29) is 12.6 Å². The minimum Gasteiger partial charge on any atom is -0.448 e. The van der Waals surface area contributed by atoms with Crippen molar-refractivity contribution in [3.8, 4) is 0 Å². The van der Waals surface area contributed by atoms with Crippen LogP contribution in [0.15, 0.2) is 24.3 Å². The largest absolute Gasteiger partial charge is 0.448 e. The van der Waals surface area contributed by atoms with Crippen LogP contribution in [-0.4, -0.2) is 17.7 Å². The SMILES string of the molecule is CC1(CO)OC(=O)c2ccccc21. The van der Waals surface area contributed by atoms with Gasteiger partial charge in [-0.2, -0.15) is 0 Å². The maximum Gasteiger partial charge on any atom is 0.339 e. The van der Waals surface area contributed by atoms with E-state index in [0.29, 0.717) is 5.56 Å². The third-order valence-electron chi connectivity index (χ3n) is 2.34. The predicted octanol–water partition coefficient (Wildman–Crippen LogP) is 1.06. The quantitative estimate of drug-likeness (QED) is 0.654. The molecule has 68 valence electrons. The molecule has 1 atom stereocenters. The standard InChI is InChI=1S/C10H10O3/c1-10(6-11)8-5-3-2-4-7(8)9(12)13-10/h2-5,11H,6H2,1H3. The van der Waals surface area contributed by atoms with Crippen LogP contribution in [0.1, 0.15) is 22.8 Å². The number of aliphatic hydroxyl groups is 1. The lowest BCUT2D eigenvalue weighted by molar-refractivity contribution is -0.0274. The molecule has 0 amide bonds. The number of ether oxygens (including phenoxy) is 1. The molecule has 0 fully saturated rings. The third-order valence-corrected chi connectivity index (χ3v) is 2.34. The van der Waals surface area contributed by atoms with Crippen molar-refractivity contribution >= 4 is 5.97 Å². The number of benzene rings is 1. The lowest BCUT2D eigenvalue weighted by atomic mass is 9.95. The molecule has 1 heterocycles. The van der Waals surface area contributed by atoms with E-state index in [9.17, 15) is 4.79 Å². The highest BCUT2D eigenvalue weighted by atomic mass is 16.6. The molecule has 1 N–H and O–H groups in total. The second-order valence-corrected chi connectivity index (χ2v) is 3.32. The average Bonchev–Trinajstić information content (AvgIpc) is 2.42. The smallest absolute Gasteiger partial charge is 0.339 e. The van der Waals surface area contributed by atoms with Gasteiger partial charge in [-0.3, -0.25) is 0 Å². The summed E-state index contributed by atoms with van der Waals surface area (Å²) in [5, 5.41) is 9.11. The molecule has 1 aliphatic rings. The molecule has 13 heavy (non-hydrogen) atoms. The van der Waals surface area contributed by atoms with E-state index in [4.69, 9.17) is 9.84 Å². The van der Waals surface area contributed by atoms with E-state index in [2.05, 4.69) is 0 Å². The van der Waals surface area contributed by atoms with Crippen molar-refractivity contribution in [2.24, 2.45) is 0 Å². The van der Waals surface area contributed by atoms with E-state index < -0.39 is 5.60 Å². The van der Waals surface area contributed by atoms with Crippen LogP contribution in [0.25, 0.3) is 0 Å². The first-order valence-electron chi connectivity index (χ1n) is 4.11. The molecule has 3 heteroatoms. The second-order valence-electron chi connectivity index (χ2n) is 3.32. The van der Waals surface area contributed by atoms with E-state index in [1.54, 1.807) is 25.1 Å². The normalized spacial score (nSPS) is 25.5. The Morgan fingerprint density at radius 1 is 1.46 bits per heavy atom. The average molecular weight is 178 g/mol. The topological polar surface area (TPSA) is 46.5 Å². The van der Waals surface area contributed by atoms with E-state index >= 15 is 0 Å². The summed E-state index contributed by atoms with van der Waals surface area (Å²) in [4.78, 5) is 11.3. The molecule has 1 unspecified atom stereocenters. The number of esters is 1. The summed E-state index contributed by atoms with van der Waals surface area (Å²) in [6.45, 7) is 1.52. The van der Waals surface area contributed by atoms with Gasteiger partial charge in [0.05, 0.1) is 12.2 Å². The van der Waals surface area contributed by atoms with Crippen LogP contribution < -0.4 is 0 Å². The summed E-state index contributed by atoms with van der Waals surface area (Å²) < 4.78 is 5.08. The highest BCUT2D eigenvalue weighted by Crippen LogP contribution is 2.35. The fraction of sp³-hybridized carbons (Fsp3) is 0.300. The summed E-state index contributed by atoms with van der Waals surface area (Å²) in [6, 6.07) is 7.12. The zero-order chi connectivity index (χ0) is 9.47.